The van der Waals surface area contributed by atoms with Gasteiger partial charge in [-0.15, -0.1) is 0 Å². The molecule has 4 N–H and O–H groups in total. The number of pyridine rings is 1. The van der Waals surface area contributed by atoms with Crippen LogP contribution in [-0.2, 0) is 0 Å². The van der Waals surface area contributed by atoms with Crippen LogP contribution in [0.2, 0.25) is 0 Å². The summed E-state index contributed by atoms with van der Waals surface area (Å²) in [5.41, 5.74) is 8.51. The number of anilines is 1. The number of carbonyl (C=O) groups excluding carboxylic acids is 3. The molecule has 202 valence electrons. The second kappa shape index (κ2) is 10.4. The average Bonchev–Trinajstić information content (AvgIpc) is 3.11. The number of benzene rings is 1. The van der Waals surface area contributed by atoms with Gasteiger partial charge in [0.15, 0.2) is 0 Å². The molecule has 2 bridgehead atoms. The van der Waals surface area contributed by atoms with Crippen molar-refractivity contribution in [3.8, 4) is 0 Å². The quantitative estimate of drug-likeness (QED) is 0.518. The van der Waals surface area contributed by atoms with Gasteiger partial charge in [-0.1, -0.05) is 0 Å². The van der Waals surface area contributed by atoms with E-state index in [0.717, 1.165) is 50.2 Å². The van der Waals surface area contributed by atoms with Gasteiger partial charge in [-0.25, -0.2) is 4.98 Å². The highest BCUT2D eigenvalue weighted by molar-refractivity contribution is 5.99. The molecule has 0 aliphatic carbocycles. The molecule has 9 heteroatoms. The van der Waals surface area contributed by atoms with Gasteiger partial charge >= 0.3 is 0 Å². The number of fused-ring (bicyclic) bond motifs is 2. The van der Waals surface area contributed by atoms with E-state index in [-0.39, 0.29) is 23.9 Å². The van der Waals surface area contributed by atoms with Gasteiger partial charge in [0.1, 0.15) is 5.82 Å². The average molecular weight is 519 g/mol. The Morgan fingerprint density at radius 1 is 0.921 bits per heavy atom. The van der Waals surface area contributed by atoms with Crippen LogP contribution in [0.3, 0.4) is 0 Å². The summed E-state index contributed by atoms with van der Waals surface area (Å²) >= 11 is 0. The zero-order valence-corrected chi connectivity index (χ0v) is 22.7. The molecular weight excluding hydrogens is 480 g/mol. The fraction of sp³-hybridized carbons (Fsp3) is 0.517. The molecule has 1 aromatic carbocycles. The zero-order chi connectivity index (χ0) is 27.1. The first-order chi connectivity index (χ1) is 18.1. The monoisotopic (exact) mass is 518 g/mol. The van der Waals surface area contributed by atoms with E-state index in [2.05, 4.69) is 39.3 Å². The molecule has 9 nitrogen and oxygen atoms in total. The first-order valence-electron chi connectivity index (χ1n) is 13.6. The lowest BCUT2D eigenvalue weighted by atomic mass is 9.95. The summed E-state index contributed by atoms with van der Waals surface area (Å²) in [6, 6.07) is 8.62. The van der Waals surface area contributed by atoms with E-state index in [1.165, 1.54) is 0 Å². The lowest BCUT2D eigenvalue weighted by molar-refractivity contribution is 0.0713. The van der Waals surface area contributed by atoms with Crippen LogP contribution in [-0.4, -0.2) is 70.9 Å². The minimum atomic E-state index is -0.486. The highest BCUT2D eigenvalue weighted by Gasteiger charge is 2.42. The number of rotatable bonds is 7. The van der Waals surface area contributed by atoms with Crippen LogP contribution < -0.4 is 21.3 Å². The van der Waals surface area contributed by atoms with Gasteiger partial charge in [0.25, 0.3) is 11.8 Å². The molecule has 2 unspecified atom stereocenters. The van der Waals surface area contributed by atoms with Gasteiger partial charge in [0, 0.05) is 54.6 Å². The van der Waals surface area contributed by atoms with E-state index in [1.54, 1.807) is 25.3 Å². The summed E-state index contributed by atoms with van der Waals surface area (Å²) in [7, 11) is 0. The maximum Gasteiger partial charge on any atom is 0.253 e. The van der Waals surface area contributed by atoms with E-state index >= 15 is 0 Å². The van der Waals surface area contributed by atoms with Crippen molar-refractivity contribution < 1.29 is 14.4 Å². The van der Waals surface area contributed by atoms with E-state index in [0.29, 0.717) is 40.4 Å². The number of primary amides is 1. The molecule has 1 aromatic heterocycles. The van der Waals surface area contributed by atoms with Crippen molar-refractivity contribution in [2.75, 3.05) is 18.0 Å². The molecule has 2 aromatic rings. The number of hydrogen-bond acceptors (Lipinski definition) is 6. The van der Waals surface area contributed by atoms with Crippen LogP contribution >= 0.6 is 0 Å². The van der Waals surface area contributed by atoms with Crippen molar-refractivity contribution in [3.63, 3.8) is 0 Å². The molecule has 0 saturated carbocycles. The van der Waals surface area contributed by atoms with Crippen LogP contribution in [0.4, 0.5) is 5.82 Å². The summed E-state index contributed by atoms with van der Waals surface area (Å²) in [6.45, 7) is 9.73. The molecule has 3 aliphatic heterocycles. The van der Waals surface area contributed by atoms with Gasteiger partial charge in [0.2, 0.25) is 5.91 Å². The minimum Gasteiger partial charge on any atom is -0.366 e. The Morgan fingerprint density at radius 3 is 2.11 bits per heavy atom. The number of nitrogens with two attached hydrogens (primary N) is 1. The predicted octanol–water partition coefficient (Wildman–Crippen LogP) is 2.55. The fourth-order valence-electron chi connectivity index (χ4n) is 6.23. The van der Waals surface area contributed by atoms with Crippen molar-refractivity contribution in [2.45, 2.75) is 83.6 Å². The van der Waals surface area contributed by atoms with Crippen molar-refractivity contribution in [1.82, 2.24) is 20.5 Å². The fourth-order valence-corrected chi connectivity index (χ4v) is 6.23. The molecule has 2 atom stereocenters. The molecule has 3 fully saturated rings. The van der Waals surface area contributed by atoms with Gasteiger partial charge in [-0.05, 0) is 88.8 Å². The van der Waals surface area contributed by atoms with Crippen molar-refractivity contribution in [3.05, 3.63) is 58.3 Å². The highest BCUT2D eigenvalue weighted by atomic mass is 16.2. The lowest BCUT2D eigenvalue weighted by Gasteiger charge is -2.42. The molecule has 3 saturated heterocycles. The van der Waals surface area contributed by atoms with Crippen LogP contribution in [0, 0.1) is 13.8 Å². The molecule has 3 amide bonds. The minimum absolute atomic E-state index is 0.0729. The van der Waals surface area contributed by atoms with Crippen LogP contribution in [0.1, 0.15) is 81.7 Å². The summed E-state index contributed by atoms with van der Waals surface area (Å²) in [5, 5.41) is 6.33. The summed E-state index contributed by atoms with van der Waals surface area (Å²) in [6.07, 6.45) is 5.48. The third-order valence-corrected chi connectivity index (χ3v) is 8.40. The molecule has 0 radical (unpaired) electrons. The van der Waals surface area contributed by atoms with Gasteiger partial charge in [-0.2, -0.15) is 0 Å². The summed E-state index contributed by atoms with van der Waals surface area (Å²) < 4.78 is 0. The third-order valence-electron chi connectivity index (χ3n) is 8.40. The standard InChI is InChI=1S/C29H38N6O3/c1-16(2)34-14-21(15-34)33-28(37)19-5-8-26(31-13-19)35-22-6-7-23(35)12-20(11-22)32-29(38)25-10-17(3)24(27(30)36)9-18(25)4/h5,8-10,13,16,20-23H,6-7,11-12,14-15H2,1-4H3,(H2,30,36)(H,32,38)(H,33,37). The molecule has 3 aliphatic rings. The number of carbonyl (C=O) groups is 3. The van der Waals surface area contributed by atoms with Crippen molar-refractivity contribution in [1.29, 1.82) is 0 Å². The number of aryl methyl sites for hydroxylation is 2. The Balaban J connectivity index is 1.19. The second-order valence-electron chi connectivity index (χ2n) is 11.4. The van der Waals surface area contributed by atoms with E-state index in [9.17, 15) is 14.4 Å². The molecule has 0 spiro atoms. The Morgan fingerprint density at radius 2 is 1.53 bits per heavy atom. The number of piperidine rings is 1. The normalized spacial score (nSPS) is 23.3. The Hall–Kier alpha value is -3.46. The highest BCUT2D eigenvalue weighted by Crippen LogP contribution is 2.38. The van der Waals surface area contributed by atoms with E-state index < -0.39 is 5.91 Å². The van der Waals surface area contributed by atoms with Gasteiger partial charge in [-0.3, -0.25) is 19.3 Å². The topological polar surface area (TPSA) is 121 Å². The first kappa shape index (κ1) is 26.2. The number of amides is 3. The van der Waals surface area contributed by atoms with Gasteiger partial charge < -0.3 is 21.3 Å². The van der Waals surface area contributed by atoms with E-state index in [4.69, 9.17) is 5.73 Å². The van der Waals surface area contributed by atoms with E-state index in [1.807, 2.05) is 19.1 Å². The predicted molar refractivity (Wildman–Crippen MR) is 146 cm³/mol. The maximum absolute atomic E-state index is 13.1. The SMILES string of the molecule is Cc1cc(C(=O)NC2CC3CCC(C2)N3c2ccc(C(=O)NC3CN(C(C)C)C3)cn2)c(C)cc1C(N)=O. The molecule has 38 heavy (non-hydrogen) atoms. The van der Waals surface area contributed by atoms with Crippen molar-refractivity contribution >= 4 is 23.5 Å². The number of hydrogen-bond donors (Lipinski definition) is 3. The largest absolute Gasteiger partial charge is 0.366 e. The van der Waals surface area contributed by atoms with Crippen molar-refractivity contribution in [2.24, 2.45) is 5.73 Å². The lowest BCUT2D eigenvalue weighted by Crippen LogP contribution is -2.61. The van der Waals surface area contributed by atoms with Crippen LogP contribution in [0.15, 0.2) is 30.5 Å². The smallest absolute Gasteiger partial charge is 0.253 e. The number of likely N-dealkylation sites (tertiary alicyclic amines) is 1. The number of nitrogens with one attached hydrogen (secondary N) is 2. The number of aromatic nitrogens is 1. The molecule has 5 rings (SSSR count). The Bertz CT molecular complexity index is 1220. The first-order valence-corrected chi connectivity index (χ1v) is 13.6. The zero-order valence-electron chi connectivity index (χ0n) is 22.7. The molecular formula is C29H38N6O3. The molecule has 4 heterocycles. The second-order valence-corrected chi connectivity index (χ2v) is 11.4. The summed E-state index contributed by atoms with van der Waals surface area (Å²) in [5.74, 6) is 0.217. The Labute approximate surface area is 224 Å². The maximum atomic E-state index is 13.1. The van der Waals surface area contributed by atoms with Crippen LogP contribution in [0.5, 0.6) is 0 Å². The summed E-state index contributed by atoms with van der Waals surface area (Å²) in [4.78, 5) is 46.8. The van der Waals surface area contributed by atoms with Gasteiger partial charge in [0.05, 0.1) is 11.6 Å². The Kier molecular flexibility index (Phi) is 7.13. The number of nitrogens with zero attached hydrogens (tertiary/aromatic N) is 3. The van der Waals surface area contributed by atoms with Crippen LogP contribution in [0.25, 0.3) is 0 Å². The third kappa shape index (κ3) is 5.12.